The van der Waals surface area contributed by atoms with Crippen molar-refractivity contribution in [1.29, 1.82) is 0 Å². The van der Waals surface area contributed by atoms with Gasteiger partial charge >= 0.3 is 6.03 Å². The van der Waals surface area contributed by atoms with Gasteiger partial charge in [-0.05, 0) is 30.9 Å². The summed E-state index contributed by atoms with van der Waals surface area (Å²) in [5, 5.41) is 14.6. The van der Waals surface area contributed by atoms with Crippen molar-refractivity contribution in [3.05, 3.63) is 23.9 Å². The number of hydrogen-bond acceptors (Lipinski definition) is 4. The minimum absolute atomic E-state index is 0.0456. The summed E-state index contributed by atoms with van der Waals surface area (Å²) in [5.74, 6) is 1.02. The summed E-state index contributed by atoms with van der Waals surface area (Å²) >= 11 is 0. The third kappa shape index (κ3) is 5.71. The van der Waals surface area contributed by atoms with Gasteiger partial charge in [-0.3, -0.25) is 0 Å². The highest BCUT2D eigenvalue weighted by Gasteiger charge is 2.11. The molecule has 1 saturated heterocycles. The second-order valence-corrected chi connectivity index (χ2v) is 6.04. The van der Waals surface area contributed by atoms with Crippen LogP contribution in [0.15, 0.2) is 18.3 Å². The smallest absolute Gasteiger partial charge is 0.315 e. The molecule has 1 aliphatic heterocycles. The zero-order valence-corrected chi connectivity index (χ0v) is 13.9. The summed E-state index contributed by atoms with van der Waals surface area (Å²) in [6.45, 7) is 4.46. The van der Waals surface area contributed by atoms with E-state index in [4.69, 9.17) is 5.11 Å². The molecule has 1 fully saturated rings. The molecule has 2 rings (SSSR count). The normalized spacial score (nSPS) is 16.5. The summed E-state index contributed by atoms with van der Waals surface area (Å²) < 4.78 is 0. The number of pyridine rings is 1. The Morgan fingerprint density at radius 2 is 2.04 bits per heavy atom. The molecule has 0 unspecified atom stereocenters. The number of anilines is 1. The van der Waals surface area contributed by atoms with Crippen LogP contribution in [0.3, 0.4) is 0 Å². The number of carbonyl (C=O) groups is 1. The molecule has 1 atom stereocenters. The summed E-state index contributed by atoms with van der Waals surface area (Å²) in [6, 6.07) is 3.58. The molecular formula is C17H28N4O2. The van der Waals surface area contributed by atoms with Gasteiger partial charge in [0.2, 0.25) is 0 Å². The number of nitrogens with zero attached hydrogens (tertiary/aromatic N) is 2. The summed E-state index contributed by atoms with van der Waals surface area (Å²) in [7, 11) is 0. The fourth-order valence-corrected chi connectivity index (χ4v) is 2.70. The first kappa shape index (κ1) is 17.5. The Morgan fingerprint density at radius 1 is 1.30 bits per heavy atom. The highest BCUT2D eigenvalue weighted by Crippen LogP contribution is 2.17. The largest absolute Gasteiger partial charge is 0.394 e. The molecular weight excluding hydrogens is 292 g/mol. The highest BCUT2D eigenvalue weighted by atomic mass is 16.3. The van der Waals surface area contributed by atoms with Crippen LogP contribution in [-0.2, 0) is 6.54 Å². The lowest BCUT2D eigenvalue weighted by molar-refractivity contribution is 0.214. The van der Waals surface area contributed by atoms with Crippen LogP contribution in [-0.4, -0.2) is 41.9 Å². The molecule has 0 aromatic carbocycles. The average Bonchev–Trinajstić information content (AvgIpc) is 2.87. The van der Waals surface area contributed by atoms with E-state index in [1.54, 1.807) is 0 Å². The van der Waals surface area contributed by atoms with Crippen LogP contribution in [0.1, 0.15) is 44.6 Å². The lowest BCUT2D eigenvalue weighted by Gasteiger charge is -2.21. The minimum Gasteiger partial charge on any atom is -0.394 e. The highest BCUT2D eigenvalue weighted by molar-refractivity contribution is 5.74. The van der Waals surface area contributed by atoms with E-state index in [-0.39, 0.29) is 18.7 Å². The van der Waals surface area contributed by atoms with Crippen molar-refractivity contribution in [1.82, 2.24) is 15.6 Å². The number of urea groups is 1. The first-order valence-corrected chi connectivity index (χ1v) is 8.58. The fourth-order valence-electron chi connectivity index (χ4n) is 2.70. The molecule has 1 aromatic rings. The van der Waals surface area contributed by atoms with Gasteiger partial charge in [-0.1, -0.05) is 25.8 Å². The molecule has 1 aromatic heterocycles. The maximum Gasteiger partial charge on any atom is 0.315 e. The SMILES string of the molecule is CC[C@@H](CO)NC(=O)NCc1ccc(N2CCCCCC2)nc1. The van der Waals surface area contributed by atoms with Gasteiger partial charge in [-0.25, -0.2) is 9.78 Å². The Morgan fingerprint density at radius 3 is 2.61 bits per heavy atom. The van der Waals surface area contributed by atoms with Crippen molar-refractivity contribution < 1.29 is 9.90 Å². The van der Waals surface area contributed by atoms with E-state index in [9.17, 15) is 4.79 Å². The molecule has 2 heterocycles. The van der Waals surface area contributed by atoms with Crippen LogP contribution in [0.2, 0.25) is 0 Å². The number of aliphatic hydroxyl groups is 1. The first-order chi connectivity index (χ1) is 11.2. The minimum atomic E-state index is -0.262. The summed E-state index contributed by atoms with van der Waals surface area (Å²) in [5.41, 5.74) is 0.968. The van der Waals surface area contributed by atoms with Crippen LogP contribution in [0.25, 0.3) is 0 Å². The summed E-state index contributed by atoms with van der Waals surface area (Å²) in [6.07, 6.45) is 7.60. The number of nitrogens with one attached hydrogen (secondary N) is 2. The van der Waals surface area contributed by atoms with Crippen molar-refractivity contribution >= 4 is 11.8 Å². The van der Waals surface area contributed by atoms with Gasteiger partial charge < -0.3 is 20.6 Å². The lowest BCUT2D eigenvalue weighted by atomic mass is 10.2. The second-order valence-electron chi connectivity index (χ2n) is 6.04. The van der Waals surface area contributed by atoms with Crippen molar-refractivity contribution in [2.45, 2.75) is 51.6 Å². The van der Waals surface area contributed by atoms with E-state index in [2.05, 4.69) is 20.5 Å². The Kier molecular flexibility index (Phi) is 7.13. The first-order valence-electron chi connectivity index (χ1n) is 8.58. The van der Waals surface area contributed by atoms with Gasteiger partial charge in [0.15, 0.2) is 0 Å². The predicted octanol–water partition coefficient (Wildman–Crippen LogP) is 2.03. The topological polar surface area (TPSA) is 77.5 Å². The molecule has 2 amide bonds. The number of hydrogen-bond donors (Lipinski definition) is 3. The molecule has 3 N–H and O–H groups in total. The zero-order valence-electron chi connectivity index (χ0n) is 13.9. The average molecular weight is 320 g/mol. The quantitative estimate of drug-likeness (QED) is 0.749. The van der Waals surface area contributed by atoms with Crippen LogP contribution in [0, 0.1) is 0 Å². The standard InChI is InChI=1S/C17H28N4O2/c1-2-15(13-22)20-17(23)19-12-14-7-8-16(18-11-14)21-9-5-3-4-6-10-21/h7-8,11,15,22H,2-6,9-10,12-13H2,1H3,(H2,19,20,23)/t15-/m0/s1. The van der Waals surface area contributed by atoms with E-state index >= 15 is 0 Å². The Bertz CT molecular complexity index is 466. The molecule has 0 spiro atoms. The third-order valence-electron chi connectivity index (χ3n) is 4.24. The maximum absolute atomic E-state index is 11.7. The number of carbonyl (C=O) groups excluding carboxylic acids is 1. The van der Waals surface area contributed by atoms with Crippen LogP contribution >= 0.6 is 0 Å². The number of aromatic nitrogens is 1. The predicted molar refractivity (Wildman–Crippen MR) is 91.5 cm³/mol. The molecule has 23 heavy (non-hydrogen) atoms. The van der Waals surface area contributed by atoms with Crippen molar-refractivity contribution in [2.24, 2.45) is 0 Å². The molecule has 6 nitrogen and oxygen atoms in total. The number of rotatable bonds is 6. The number of amides is 2. The Hall–Kier alpha value is -1.82. The molecule has 0 radical (unpaired) electrons. The van der Waals surface area contributed by atoms with Gasteiger partial charge in [0.1, 0.15) is 5.82 Å². The van der Waals surface area contributed by atoms with Crippen LogP contribution in [0.4, 0.5) is 10.6 Å². The van der Waals surface area contributed by atoms with E-state index in [1.807, 2.05) is 25.3 Å². The van der Waals surface area contributed by atoms with Gasteiger partial charge in [0.25, 0.3) is 0 Å². The lowest BCUT2D eigenvalue weighted by Crippen LogP contribution is -2.43. The molecule has 0 bridgehead atoms. The van der Waals surface area contributed by atoms with E-state index in [0.717, 1.165) is 24.5 Å². The second kappa shape index (κ2) is 9.35. The summed E-state index contributed by atoms with van der Waals surface area (Å²) in [4.78, 5) is 18.6. The Labute approximate surface area is 138 Å². The van der Waals surface area contributed by atoms with Gasteiger partial charge in [-0.15, -0.1) is 0 Å². The molecule has 6 heteroatoms. The van der Waals surface area contributed by atoms with Crippen molar-refractivity contribution in [2.75, 3.05) is 24.6 Å². The van der Waals surface area contributed by atoms with E-state index < -0.39 is 0 Å². The van der Waals surface area contributed by atoms with Crippen LogP contribution < -0.4 is 15.5 Å². The number of aliphatic hydroxyl groups excluding tert-OH is 1. The van der Waals surface area contributed by atoms with E-state index in [1.165, 1.54) is 25.7 Å². The van der Waals surface area contributed by atoms with Gasteiger partial charge in [0, 0.05) is 25.8 Å². The maximum atomic E-state index is 11.7. The van der Waals surface area contributed by atoms with Gasteiger partial charge in [0.05, 0.1) is 12.6 Å². The molecule has 0 saturated carbocycles. The van der Waals surface area contributed by atoms with Crippen molar-refractivity contribution in [3.8, 4) is 0 Å². The van der Waals surface area contributed by atoms with Crippen molar-refractivity contribution in [3.63, 3.8) is 0 Å². The monoisotopic (exact) mass is 320 g/mol. The molecule has 128 valence electrons. The third-order valence-corrected chi connectivity index (χ3v) is 4.24. The zero-order chi connectivity index (χ0) is 16.5. The fraction of sp³-hybridized carbons (Fsp3) is 0.647. The van der Waals surface area contributed by atoms with Crippen LogP contribution in [0.5, 0.6) is 0 Å². The van der Waals surface area contributed by atoms with E-state index in [0.29, 0.717) is 13.0 Å². The van der Waals surface area contributed by atoms with Gasteiger partial charge in [-0.2, -0.15) is 0 Å². The molecule has 0 aliphatic carbocycles. The Balaban J connectivity index is 1.81. The molecule has 1 aliphatic rings.